The van der Waals surface area contributed by atoms with E-state index >= 15 is 0 Å². The molecular formula is C14H20N2. The third-order valence-electron chi connectivity index (χ3n) is 3.19. The first kappa shape index (κ1) is 11.2. The first-order valence-electron chi connectivity index (χ1n) is 5.97. The third-order valence-corrected chi connectivity index (χ3v) is 3.19. The lowest BCUT2D eigenvalue weighted by molar-refractivity contribution is 0.791. The zero-order valence-corrected chi connectivity index (χ0v) is 10.4. The monoisotopic (exact) mass is 216 g/mol. The molecule has 0 saturated carbocycles. The Morgan fingerprint density at radius 2 is 2.12 bits per heavy atom. The lowest BCUT2D eigenvalue weighted by atomic mass is 10.1. The normalized spacial score (nSPS) is 11.2. The smallest absolute Gasteiger partial charge is 0.0480 e. The standard InChI is InChI=1S/C14H20N2/c1-4-11-5-6-14-13(9-11)12(7-8-15-2)10-16(14)3/h5-6,9-10,15H,4,7-8H2,1-3H3. The zero-order chi connectivity index (χ0) is 11.5. The maximum atomic E-state index is 3.21. The van der Waals surface area contributed by atoms with Crippen molar-refractivity contribution in [2.45, 2.75) is 19.8 Å². The number of fused-ring (bicyclic) bond motifs is 1. The molecule has 0 aliphatic rings. The van der Waals surface area contributed by atoms with Crippen molar-refractivity contribution >= 4 is 10.9 Å². The summed E-state index contributed by atoms with van der Waals surface area (Å²) >= 11 is 0. The van der Waals surface area contributed by atoms with Gasteiger partial charge in [0.15, 0.2) is 0 Å². The lowest BCUT2D eigenvalue weighted by Crippen LogP contribution is -2.09. The Hall–Kier alpha value is -1.28. The van der Waals surface area contributed by atoms with Gasteiger partial charge < -0.3 is 9.88 Å². The highest BCUT2D eigenvalue weighted by atomic mass is 14.9. The number of benzene rings is 1. The summed E-state index contributed by atoms with van der Waals surface area (Å²) in [5, 5.41) is 4.62. The van der Waals surface area contributed by atoms with Crippen molar-refractivity contribution in [2.24, 2.45) is 7.05 Å². The molecule has 86 valence electrons. The Balaban J connectivity index is 2.47. The van der Waals surface area contributed by atoms with Gasteiger partial charge in [0.1, 0.15) is 0 Å². The van der Waals surface area contributed by atoms with Crippen molar-refractivity contribution in [3.63, 3.8) is 0 Å². The number of likely N-dealkylation sites (N-methyl/N-ethyl adjacent to an activating group) is 1. The van der Waals surface area contributed by atoms with E-state index < -0.39 is 0 Å². The van der Waals surface area contributed by atoms with Crippen LogP contribution in [0, 0.1) is 0 Å². The van der Waals surface area contributed by atoms with Crippen LogP contribution in [-0.2, 0) is 19.9 Å². The van der Waals surface area contributed by atoms with Crippen molar-refractivity contribution in [1.29, 1.82) is 0 Å². The highest BCUT2D eigenvalue weighted by Crippen LogP contribution is 2.22. The minimum absolute atomic E-state index is 1.04. The van der Waals surface area contributed by atoms with Crippen molar-refractivity contribution in [2.75, 3.05) is 13.6 Å². The topological polar surface area (TPSA) is 17.0 Å². The average Bonchev–Trinajstić information content (AvgIpc) is 2.63. The van der Waals surface area contributed by atoms with Gasteiger partial charge in [-0.3, -0.25) is 0 Å². The fourth-order valence-corrected chi connectivity index (χ4v) is 2.20. The second-order valence-corrected chi connectivity index (χ2v) is 4.32. The molecule has 0 spiro atoms. The van der Waals surface area contributed by atoms with Crippen molar-refractivity contribution < 1.29 is 0 Å². The van der Waals surface area contributed by atoms with Gasteiger partial charge in [-0.1, -0.05) is 13.0 Å². The van der Waals surface area contributed by atoms with Crippen LogP contribution < -0.4 is 5.32 Å². The van der Waals surface area contributed by atoms with Crippen molar-refractivity contribution in [1.82, 2.24) is 9.88 Å². The number of nitrogens with one attached hydrogen (secondary N) is 1. The van der Waals surface area contributed by atoms with E-state index in [-0.39, 0.29) is 0 Å². The van der Waals surface area contributed by atoms with Gasteiger partial charge in [0, 0.05) is 24.1 Å². The molecule has 1 N–H and O–H groups in total. The van der Waals surface area contributed by atoms with Crippen LogP contribution in [0.15, 0.2) is 24.4 Å². The highest BCUT2D eigenvalue weighted by molar-refractivity contribution is 5.84. The minimum Gasteiger partial charge on any atom is -0.350 e. The Kier molecular flexibility index (Phi) is 3.30. The molecule has 0 radical (unpaired) electrons. The molecule has 2 aromatic rings. The summed E-state index contributed by atoms with van der Waals surface area (Å²) < 4.78 is 2.22. The van der Waals surface area contributed by atoms with E-state index in [1.807, 2.05) is 7.05 Å². The lowest BCUT2D eigenvalue weighted by Gasteiger charge is -2.01. The molecule has 0 aliphatic carbocycles. The summed E-state index contributed by atoms with van der Waals surface area (Å²) in [5.74, 6) is 0. The Morgan fingerprint density at radius 1 is 1.31 bits per heavy atom. The van der Waals surface area contributed by atoms with Crippen molar-refractivity contribution in [3.05, 3.63) is 35.5 Å². The van der Waals surface area contributed by atoms with Crippen LogP contribution in [0.4, 0.5) is 0 Å². The van der Waals surface area contributed by atoms with Gasteiger partial charge >= 0.3 is 0 Å². The Labute approximate surface area is 97.3 Å². The van der Waals surface area contributed by atoms with E-state index in [9.17, 15) is 0 Å². The Morgan fingerprint density at radius 3 is 2.81 bits per heavy atom. The summed E-state index contributed by atoms with van der Waals surface area (Å²) in [7, 11) is 4.12. The summed E-state index contributed by atoms with van der Waals surface area (Å²) in [6.07, 6.45) is 4.46. The van der Waals surface area contributed by atoms with Gasteiger partial charge in [-0.15, -0.1) is 0 Å². The summed E-state index contributed by atoms with van der Waals surface area (Å²) in [6.45, 7) is 3.24. The number of aryl methyl sites for hydroxylation is 2. The predicted molar refractivity (Wildman–Crippen MR) is 69.9 cm³/mol. The maximum absolute atomic E-state index is 3.21. The molecule has 2 rings (SSSR count). The molecule has 0 fully saturated rings. The molecule has 0 atom stereocenters. The number of hydrogen-bond donors (Lipinski definition) is 1. The van der Waals surface area contributed by atoms with Crippen molar-refractivity contribution in [3.8, 4) is 0 Å². The summed E-state index contributed by atoms with van der Waals surface area (Å²) in [4.78, 5) is 0. The molecule has 2 nitrogen and oxygen atoms in total. The molecule has 0 saturated heterocycles. The van der Waals surface area contributed by atoms with E-state index in [4.69, 9.17) is 0 Å². The van der Waals surface area contributed by atoms with Gasteiger partial charge in [-0.2, -0.15) is 0 Å². The van der Waals surface area contributed by atoms with Crippen LogP contribution in [0.3, 0.4) is 0 Å². The third kappa shape index (κ3) is 1.98. The van der Waals surface area contributed by atoms with E-state index in [1.165, 1.54) is 22.0 Å². The largest absolute Gasteiger partial charge is 0.350 e. The minimum atomic E-state index is 1.04. The molecule has 1 aromatic heterocycles. The quantitative estimate of drug-likeness (QED) is 0.831. The first-order valence-corrected chi connectivity index (χ1v) is 5.97. The SMILES string of the molecule is CCc1ccc2c(c1)c(CCNC)cn2C. The second kappa shape index (κ2) is 4.71. The molecule has 0 bridgehead atoms. The van der Waals surface area contributed by atoms with Gasteiger partial charge in [0.05, 0.1) is 0 Å². The highest BCUT2D eigenvalue weighted by Gasteiger charge is 2.06. The molecule has 16 heavy (non-hydrogen) atoms. The fraction of sp³-hybridized carbons (Fsp3) is 0.429. The van der Waals surface area contributed by atoms with E-state index in [0.717, 1.165) is 19.4 Å². The van der Waals surface area contributed by atoms with Crippen LogP contribution in [0.25, 0.3) is 10.9 Å². The summed E-state index contributed by atoms with van der Waals surface area (Å²) in [5.41, 5.74) is 4.20. The van der Waals surface area contributed by atoms with E-state index in [0.29, 0.717) is 0 Å². The molecule has 0 amide bonds. The van der Waals surface area contributed by atoms with E-state index in [2.05, 4.69) is 48.3 Å². The second-order valence-electron chi connectivity index (χ2n) is 4.32. The van der Waals surface area contributed by atoms with E-state index in [1.54, 1.807) is 0 Å². The van der Waals surface area contributed by atoms with Crippen LogP contribution >= 0.6 is 0 Å². The molecule has 2 heteroatoms. The first-order chi connectivity index (χ1) is 7.76. The predicted octanol–water partition coefficient (Wildman–Crippen LogP) is 2.50. The van der Waals surface area contributed by atoms with Gasteiger partial charge in [0.25, 0.3) is 0 Å². The average molecular weight is 216 g/mol. The molecule has 1 heterocycles. The summed E-state index contributed by atoms with van der Waals surface area (Å²) in [6, 6.07) is 6.79. The number of aromatic nitrogens is 1. The molecular weight excluding hydrogens is 196 g/mol. The van der Waals surface area contributed by atoms with Crippen LogP contribution in [0.2, 0.25) is 0 Å². The maximum Gasteiger partial charge on any atom is 0.0480 e. The van der Waals surface area contributed by atoms with Gasteiger partial charge in [-0.05, 0) is 49.7 Å². The van der Waals surface area contributed by atoms with Crippen LogP contribution in [-0.4, -0.2) is 18.2 Å². The van der Waals surface area contributed by atoms with Crippen LogP contribution in [0.1, 0.15) is 18.1 Å². The number of rotatable bonds is 4. The number of hydrogen-bond acceptors (Lipinski definition) is 1. The van der Waals surface area contributed by atoms with Gasteiger partial charge in [-0.25, -0.2) is 0 Å². The molecule has 0 aliphatic heterocycles. The van der Waals surface area contributed by atoms with Crippen LogP contribution in [0.5, 0.6) is 0 Å². The molecule has 1 aromatic carbocycles. The number of nitrogens with zero attached hydrogens (tertiary/aromatic N) is 1. The Bertz CT molecular complexity index is 483. The van der Waals surface area contributed by atoms with Gasteiger partial charge in [0.2, 0.25) is 0 Å². The molecule has 0 unspecified atom stereocenters. The zero-order valence-electron chi connectivity index (χ0n) is 10.4. The fourth-order valence-electron chi connectivity index (χ4n) is 2.20.